The Bertz CT molecular complexity index is 421. The third kappa shape index (κ3) is 1.49. The zero-order chi connectivity index (χ0) is 11.4. The van der Waals surface area contributed by atoms with Gasteiger partial charge in [-0.2, -0.15) is 0 Å². The van der Waals surface area contributed by atoms with Crippen molar-refractivity contribution in [2.45, 2.75) is 45.6 Å². The van der Waals surface area contributed by atoms with E-state index >= 15 is 0 Å². The standard InChI is InChI=1S/C13H18ClN/c1-7-5-9(14)8(2)11-10(15)6-13(3,4)12(7)11/h5,10H,6,15H2,1-4H3/t10-/m0/s1. The average Bonchev–Trinajstić information content (AvgIpc) is 2.32. The van der Waals surface area contributed by atoms with Crippen LogP contribution in [0.1, 0.15) is 48.6 Å². The Labute approximate surface area is 96.6 Å². The smallest absolute Gasteiger partial charge is 0.0441 e. The summed E-state index contributed by atoms with van der Waals surface area (Å²) in [5.41, 5.74) is 11.5. The minimum absolute atomic E-state index is 0.146. The van der Waals surface area contributed by atoms with Crippen molar-refractivity contribution in [3.05, 3.63) is 33.3 Å². The van der Waals surface area contributed by atoms with Crippen molar-refractivity contribution in [3.8, 4) is 0 Å². The summed E-state index contributed by atoms with van der Waals surface area (Å²) in [5.74, 6) is 0. The molecule has 2 heteroatoms. The SMILES string of the molecule is Cc1cc(Cl)c(C)c2c1C(C)(C)C[C@@H]2N. The molecule has 0 bridgehead atoms. The Kier molecular flexibility index (Phi) is 2.36. The van der Waals surface area contributed by atoms with Crippen molar-refractivity contribution in [1.29, 1.82) is 0 Å². The van der Waals surface area contributed by atoms with Crippen molar-refractivity contribution in [2.75, 3.05) is 0 Å². The van der Waals surface area contributed by atoms with Crippen molar-refractivity contribution in [3.63, 3.8) is 0 Å². The molecule has 0 unspecified atom stereocenters. The molecule has 1 aromatic carbocycles. The highest BCUT2D eigenvalue weighted by atomic mass is 35.5. The normalized spacial score (nSPS) is 22.9. The van der Waals surface area contributed by atoms with Crippen LogP contribution in [0, 0.1) is 13.8 Å². The van der Waals surface area contributed by atoms with Crippen LogP contribution in [-0.2, 0) is 5.41 Å². The van der Waals surface area contributed by atoms with E-state index < -0.39 is 0 Å². The molecule has 0 saturated carbocycles. The molecule has 0 fully saturated rings. The van der Waals surface area contributed by atoms with Gasteiger partial charge in [-0.25, -0.2) is 0 Å². The quantitative estimate of drug-likeness (QED) is 0.714. The number of halogens is 1. The third-order valence-corrected chi connectivity index (χ3v) is 3.94. The predicted molar refractivity (Wildman–Crippen MR) is 65.5 cm³/mol. The maximum Gasteiger partial charge on any atom is 0.0441 e. The summed E-state index contributed by atoms with van der Waals surface area (Å²) in [6, 6.07) is 2.21. The highest BCUT2D eigenvalue weighted by Crippen LogP contribution is 2.47. The first kappa shape index (κ1) is 11.0. The van der Waals surface area contributed by atoms with E-state index in [1.165, 1.54) is 16.7 Å². The topological polar surface area (TPSA) is 26.0 Å². The largest absolute Gasteiger partial charge is 0.324 e. The van der Waals surface area contributed by atoms with Crippen LogP contribution in [0.4, 0.5) is 0 Å². The van der Waals surface area contributed by atoms with Crippen LogP contribution in [0.25, 0.3) is 0 Å². The molecule has 0 heterocycles. The number of aryl methyl sites for hydroxylation is 1. The summed E-state index contributed by atoms with van der Waals surface area (Å²) in [7, 11) is 0. The lowest BCUT2D eigenvalue weighted by molar-refractivity contribution is 0.480. The second-order valence-corrected chi connectivity index (χ2v) is 5.69. The molecule has 0 saturated heterocycles. The number of benzene rings is 1. The maximum atomic E-state index is 6.20. The lowest BCUT2D eigenvalue weighted by Gasteiger charge is -2.22. The minimum atomic E-state index is 0.146. The molecule has 2 rings (SSSR count). The van der Waals surface area contributed by atoms with Crippen LogP contribution in [0.15, 0.2) is 6.07 Å². The van der Waals surface area contributed by atoms with Crippen molar-refractivity contribution in [2.24, 2.45) is 5.73 Å². The molecule has 82 valence electrons. The van der Waals surface area contributed by atoms with Gasteiger partial charge < -0.3 is 5.73 Å². The van der Waals surface area contributed by atoms with E-state index in [1.807, 2.05) is 0 Å². The number of nitrogens with two attached hydrogens (primary N) is 1. The van der Waals surface area contributed by atoms with Crippen molar-refractivity contribution >= 4 is 11.6 Å². The summed E-state index contributed by atoms with van der Waals surface area (Å²) in [6.07, 6.45) is 1.02. The van der Waals surface area contributed by atoms with Gasteiger partial charge in [0.15, 0.2) is 0 Å². The lowest BCUT2D eigenvalue weighted by Crippen LogP contribution is -2.15. The Morgan fingerprint density at radius 2 is 2.00 bits per heavy atom. The molecule has 0 amide bonds. The highest BCUT2D eigenvalue weighted by molar-refractivity contribution is 6.31. The number of hydrogen-bond acceptors (Lipinski definition) is 1. The molecule has 1 aliphatic carbocycles. The summed E-state index contributed by atoms with van der Waals surface area (Å²) in [5, 5.41) is 0.847. The van der Waals surface area contributed by atoms with Crippen LogP contribution >= 0.6 is 11.6 Å². The first-order valence-corrected chi connectivity index (χ1v) is 5.78. The Morgan fingerprint density at radius 1 is 1.40 bits per heavy atom. The van der Waals surface area contributed by atoms with Gasteiger partial charge >= 0.3 is 0 Å². The number of rotatable bonds is 0. The molecule has 1 aliphatic rings. The third-order valence-electron chi connectivity index (χ3n) is 3.55. The van der Waals surface area contributed by atoms with Crippen LogP contribution in [0.2, 0.25) is 5.02 Å². The fraction of sp³-hybridized carbons (Fsp3) is 0.538. The molecule has 15 heavy (non-hydrogen) atoms. The molecule has 0 aromatic heterocycles. The van der Waals surface area contributed by atoms with Gasteiger partial charge in [0.05, 0.1) is 0 Å². The minimum Gasteiger partial charge on any atom is -0.324 e. The monoisotopic (exact) mass is 223 g/mol. The molecule has 0 spiro atoms. The second-order valence-electron chi connectivity index (χ2n) is 5.28. The van der Waals surface area contributed by atoms with Crippen LogP contribution < -0.4 is 5.73 Å². The van der Waals surface area contributed by atoms with Crippen LogP contribution in [-0.4, -0.2) is 0 Å². The van der Waals surface area contributed by atoms with E-state index in [-0.39, 0.29) is 11.5 Å². The zero-order valence-electron chi connectivity index (χ0n) is 9.82. The van der Waals surface area contributed by atoms with E-state index in [0.29, 0.717) is 0 Å². The van der Waals surface area contributed by atoms with Gasteiger partial charge in [0.2, 0.25) is 0 Å². The van der Waals surface area contributed by atoms with E-state index in [2.05, 4.69) is 33.8 Å². The van der Waals surface area contributed by atoms with Gasteiger partial charge in [0, 0.05) is 11.1 Å². The number of fused-ring (bicyclic) bond motifs is 1. The molecular weight excluding hydrogens is 206 g/mol. The summed E-state index contributed by atoms with van der Waals surface area (Å²) < 4.78 is 0. The fourth-order valence-corrected chi connectivity index (χ4v) is 3.28. The molecule has 2 N–H and O–H groups in total. The van der Waals surface area contributed by atoms with Crippen LogP contribution in [0.5, 0.6) is 0 Å². The van der Waals surface area contributed by atoms with Gasteiger partial charge in [-0.1, -0.05) is 25.4 Å². The van der Waals surface area contributed by atoms with E-state index in [9.17, 15) is 0 Å². The van der Waals surface area contributed by atoms with E-state index in [0.717, 1.165) is 17.0 Å². The molecule has 1 aromatic rings. The first-order chi connectivity index (χ1) is 6.84. The van der Waals surface area contributed by atoms with Gasteiger partial charge in [-0.3, -0.25) is 0 Å². The molecule has 0 radical (unpaired) electrons. The van der Waals surface area contributed by atoms with E-state index in [1.54, 1.807) is 0 Å². The average molecular weight is 224 g/mol. The van der Waals surface area contributed by atoms with E-state index in [4.69, 9.17) is 17.3 Å². The Morgan fingerprint density at radius 3 is 2.60 bits per heavy atom. The lowest BCUT2D eigenvalue weighted by atomic mass is 9.83. The second kappa shape index (κ2) is 3.23. The summed E-state index contributed by atoms with van der Waals surface area (Å²) >= 11 is 6.20. The van der Waals surface area contributed by atoms with Gasteiger partial charge in [-0.05, 0) is 54.0 Å². The maximum absolute atomic E-state index is 6.20. The summed E-state index contributed by atoms with van der Waals surface area (Å²) in [4.78, 5) is 0. The van der Waals surface area contributed by atoms with Gasteiger partial charge in [-0.15, -0.1) is 0 Å². The number of hydrogen-bond donors (Lipinski definition) is 1. The molecular formula is C13H18ClN. The fourth-order valence-electron chi connectivity index (χ4n) is 3.01. The van der Waals surface area contributed by atoms with Gasteiger partial charge in [0.25, 0.3) is 0 Å². The first-order valence-electron chi connectivity index (χ1n) is 5.40. The zero-order valence-corrected chi connectivity index (χ0v) is 10.6. The molecule has 0 aliphatic heterocycles. The Balaban J connectivity index is 2.78. The van der Waals surface area contributed by atoms with Crippen molar-refractivity contribution in [1.82, 2.24) is 0 Å². The molecule has 1 nitrogen and oxygen atoms in total. The van der Waals surface area contributed by atoms with Crippen molar-refractivity contribution < 1.29 is 0 Å². The highest BCUT2D eigenvalue weighted by Gasteiger charge is 2.37. The van der Waals surface area contributed by atoms with Gasteiger partial charge in [0.1, 0.15) is 0 Å². The predicted octanol–water partition coefficient (Wildman–Crippen LogP) is 3.64. The Hall–Kier alpha value is -0.530. The summed E-state index contributed by atoms with van der Waals surface area (Å²) in [6.45, 7) is 8.73. The molecule has 1 atom stereocenters. The van der Waals surface area contributed by atoms with Crippen LogP contribution in [0.3, 0.4) is 0 Å².